The number of nitrogens with zero attached hydrogens (tertiary/aromatic N) is 1. The van der Waals surface area contributed by atoms with E-state index in [0.29, 0.717) is 22.0 Å². The maximum absolute atomic E-state index is 13.8. The first kappa shape index (κ1) is 26.2. The fourth-order valence-corrected chi connectivity index (χ4v) is 5.34. The fourth-order valence-electron chi connectivity index (χ4n) is 4.82. The Hall–Kier alpha value is -2.82. The first-order chi connectivity index (χ1) is 17.5. The van der Waals surface area contributed by atoms with E-state index in [1.54, 1.807) is 23.1 Å². The van der Waals surface area contributed by atoms with Gasteiger partial charge in [0.2, 0.25) is 11.8 Å². The molecule has 3 aromatic carbocycles. The van der Waals surface area contributed by atoms with E-state index in [1.807, 2.05) is 60.7 Å². The van der Waals surface area contributed by atoms with Crippen LogP contribution in [0.4, 0.5) is 0 Å². The summed E-state index contributed by atoms with van der Waals surface area (Å²) in [5, 5.41) is 4.21. The first-order valence-corrected chi connectivity index (χ1v) is 13.4. The molecule has 0 bridgehead atoms. The van der Waals surface area contributed by atoms with E-state index >= 15 is 0 Å². The molecule has 4 rings (SSSR count). The third kappa shape index (κ3) is 7.11. The second-order valence-electron chi connectivity index (χ2n) is 9.43. The van der Waals surface area contributed by atoms with Crippen LogP contribution in [0.3, 0.4) is 0 Å². The molecule has 0 saturated heterocycles. The second-order valence-corrected chi connectivity index (χ2v) is 10.2. The van der Waals surface area contributed by atoms with Crippen LogP contribution in [0.5, 0.6) is 0 Å². The molecule has 2 amide bonds. The lowest BCUT2D eigenvalue weighted by molar-refractivity contribution is -0.141. The molecule has 36 heavy (non-hydrogen) atoms. The molecule has 1 unspecified atom stereocenters. The van der Waals surface area contributed by atoms with Crippen LogP contribution >= 0.6 is 23.2 Å². The average Bonchev–Trinajstić information content (AvgIpc) is 2.89. The molecule has 0 spiro atoms. The topological polar surface area (TPSA) is 49.4 Å². The van der Waals surface area contributed by atoms with E-state index in [2.05, 4.69) is 5.32 Å². The van der Waals surface area contributed by atoms with Crippen molar-refractivity contribution in [2.45, 2.75) is 63.6 Å². The zero-order valence-corrected chi connectivity index (χ0v) is 21.8. The minimum absolute atomic E-state index is 0.129. The van der Waals surface area contributed by atoms with E-state index < -0.39 is 6.04 Å². The van der Waals surface area contributed by atoms with Crippen LogP contribution in [0.25, 0.3) is 0 Å². The molecule has 1 fully saturated rings. The van der Waals surface area contributed by atoms with Crippen LogP contribution in [-0.2, 0) is 29.0 Å². The molecule has 1 N–H and O–H groups in total. The summed E-state index contributed by atoms with van der Waals surface area (Å²) >= 11 is 13.0. The molecule has 0 aliphatic heterocycles. The number of halogens is 2. The van der Waals surface area contributed by atoms with Crippen LogP contribution in [0.15, 0.2) is 78.9 Å². The predicted octanol–water partition coefficient (Wildman–Crippen LogP) is 6.62. The van der Waals surface area contributed by atoms with Gasteiger partial charge in [-0.2, -0.15) is 0 Å². The zero-order chi connectivity index (χ0) is 25.3. The van der Waals surface area contributed by atoms with Crippen molar-refractivity contribution >= 4 is 35.0 Å². The van der Waals surface area contributed by atoms with E-state index in [0.717, 1.165) is 36.8 Å². The summed E-state index contributed by atoms with van der Waals surface area (Å²) in [6, 6.07) is 24.2. The first-order valence-electron chi connectivity index (χ1n) is 12.6. The third-order valence-corrected chi connectivity index (χ3v) is 7.52. The Bertz CT molecular complexity index is 1130. The SMILES string of the molecule is O=C(NC1CCCCC1)C(Cc1ccccc1)N(Cc1c(Cl)cccc1Cl)C(=O)Cc1ccccc1. The number of benzene rings is 3. The Balaban J connectivity index is 1.68. The molecule has 1 saturated carbocycles. The quantitative estimate of drug-likeness (QED) is 0.343. The zero-order valence-electron chi connectivity index (χ0n) is 20.3. The van der Waals surface area contributed by atoms with Crippen LogP contribution in [0.2, 0.25) is 10.0 Å². The van der Waals surface area contributed by atoms with Gasteiger partial charge in [-0.3, -0.25) is 9.59 Å². The smallest absolute Gasteiger partial charge is 0.243 e. The largest absolute Gasteiger partial charge is 0.352 e. The Morgan fingerprint density at radius 3 is 2.00 bits per heavy atom. The highest BCUT2D eigenvalue weighted by Crippen LogP contribution is 2.28. The van der Waals surface area contributed by atoms with Crippen LogP contribution in [0.1, 0.15) is 48.8 Å². The average molecular weight is 524 g/mol. The molecule has 4 nitrogen and oxygen atoms in total. The number of amides is 2. The molecular weight excluding hydrogens is 491 g/mol. The molecule has 3 aromatic rings. The van der Waals surface area contributed by atoms with Crippen molar-refractivity contribution in [1.29, 1.82) is 0 Å². The number of carbonyl (C=O) groups is 2. The van der Waals surface area contributed by atoms with Crippen LogP contribution in [-0.4, -0.2) is 28.8 Å². The molecule has 1 aliphatic carbocycles. The van der Waals surface area contributed by atoms with Gasteiger partial charge in [-0.25, -0.2) is 0 Å². The fraction of sp³-hybridized carbons (Fsp3) is 0.333. The monoisotopic (exact) mass is 522 g/mol. The highest BCUT2D eigenvalue weighted by atomic mass is 35.5. The standard InChI is InChI=1S/C30H32Cl2N2O2/c31-26-17-10-18-27(32)25(26)21-34(29(35)20-23-13-6-2-7-14-23)28(19-22-11-4-1-5-12-22)30(36)33-24-15-8-3-9-16-24/h1-2,4-7,10-14,17-18,24,28H,3,8-9,15-16,19-21H2,(H,33,36). The maximum Gasteiger partial charge on any atom is 0.243 e. The predicted molar refractivity (Wildman–Crippen MR) is 146 cm³/mol. The molecule has 0 aromatic heterocycles. The van der Waals surface area contributed by atoms with Crippen molar-refractivity contribution < 1.29 is 9.59 Å². The van der Waals surface area contributed by atoms with E-state index in [9.17, 15) is 9.59 Å². The molecular formula is C30H32Cl2N2O2. The van der Waals surface area contributed by atoms with Crippen LogP contribution in [0, 0.1) is 0 Å². The van der Waals surface area contributed by atoms with Gasteiger partial charge in [0.25, 0.3) is 0 Å². The van der Waals surface area contributed by atoms with Gasteiger partial charge in [0.1, 0.15) is 6.04 Å². The summed E-state index contributed by atoms with van der Waals surface area (Å²) < 4.78 is 0. The van der Waals surface area contributed by atoms with Gasteiger partial charge in [0.05, 0.1) is 6.42 Å². The van der Waals surface area contributed by atoms with Gasteiger partial charge in [-0.15, -0.1) is 0 Å². The number of rotatable bonds is 9. The summed E-state index contributed by atoms with van der Waals surface area (Å²) in [6.07, 6.45) is 5.95. The van der Waals surface area contributed by atoms with E-state index in [1.165, 1.54) is 6.42 Å². The molecule has 188 valence electrons. The third-order valence-electron chi connectivity index (χ3n) is 6.81. The Morgan fingerprint density at radius 2 is 1.39 bits per heavy atom. The van der Waals surface area contributed by atoms with Gasteiger partial charge in [0.15, 0.2) is 0 Å². The minimum Gasteiger partial charge on any atom is -0.352 e. The summed E-state index contributed by atoms with van der Waals surface area (Å²) in [4.78, 5) is 29.3. The Kier molecular flexibility index (Phi) is 9.43. The number of hydrogen-bond donors (Lipinski definition) is 1. The van der Waals surface area contributed by atoms with Gasteiger partial charge >= 0.3 is 0 Å². The van der Waals surface area contributed by atoms with Gasteiger partial charge < -0.3 is 10.2 Å². The summed E-state index contributed by atoms with van der Waals surface area (Å²) in [6.45, 7) is 0.153. The molecule has 0 radical (unpaired) electrons. The number of carbonyl (C=O) groups excluding carboxylic acids is 2. The molecule has 1 atom stereocenters. The van der Waals surface area contributed by atoms with E-state index in [-0.39, 0.29) is 30.8 Å². The summed E-state index contributed by atoms with van der Waals surface area (Å²) in [5.41, 5.74) is 2.53. The Morgan fingerprint density at radius 1 is 0.806 bits per heavy atom. The van der Waals surface area contributed by atoms with Gasteiger partial charge in [-0.1, -0.05) is 109 Å². The van der Waals surface area contributed by atoms with Crippen molar-refractivity contribution in [3.63, 3.8) is 0 Å². The number of hydrogen-bond acceptors (Lipinski definition) is 2. The number of nitrogens with one attached hydrogen (secondary N) is 1. The van der Waals surface area contributed by atoms with Crippen molar-refractivity contribution in [3.05, 3.63) is 106 Å². The molecule has 6 heteroatoms. The molecule has 0 heterocycles. The Labute approximate surface area is 223 Å². The summed E-state index contributed by atoms with van der Waals surface area (Å²) in [7, 11) is 0. The maximum atomic E-state index is 13.8. The highest BCUT2D eigenvalue weighted by Gasteiger charge is 2.32. The minimum atomic E-state index is -0.696. The van der Waals surface area contributed by atoms with Crippen molar-refractivity contribution in [2.24, 2.45) is 0 Å². The normalized spacial score (nSPS) is 14.7. The van der Waals surface area contributed by atoms with Crippen molar-refractivity contribution in [2.75, 3.05) is 0 Å². The second kappa shape index (κ2) is 12.9. The lowest BCUT2D eigenvalue weighted by Crippen LogP contribution is -2.53. The van der Waals surface area contributed by atoms with Gasteiger partial charge in [0, 0.05) is 34.6 Å². The summed E-state index contributed by atoms with van der Waals surface area (Å²) in [5.74, 6) is -0.271. The highest BCUT2D eigenvalue weighted by molar-refractivity contribution is 6.36. The lowest BCUT2D eigenvalue weighted by Gasteiger charge is -2.34. The van der Waals surface area contributed by atoms with Crippen LogP contribution < -0.4 is 5.32 Å². The van der Waals surface area contributed by atoms with Crippen molar-refractivity contribution in [1.82, 2.24) is 10.2 Å². The van der Waals surface area contributed by atoms with Gasteiger partial charge in [-0.05, 0) is 36.1 Å². The van der Waals surface area contributed by atoms with Crippen molar-refractivity contribution in [3.8, 4) is 0 Å². The molecule has 1 aliphatic rings. The van der Waals surface area contributed by atoms with E-state index in [4.69, 9.17) is 23.2 Å². The lowest BCUT2D eigenvalue weighted by atomic mass is 9.94.